The minimum Gasteiger partial charge on any atom is -0.462 e. The first-order valence-electron chi connectivity index (χ1n) is 10.4. The van der Waals surface area contributed by atoms with Crippen LogP contribution in [0, 0.1) is 12.8 Å². The molecule has 9 heteroatoms. The Kier molecular flexibility index (Phi) is 10.0. The molecule has 1 fully saturated rings. The number of aromatic nitrogens is 1. The molecule has 2 heterocycles. The lowest BCUT2D eigenvalue weighted by Gasteiger charge is -2.20. The standard InChI is InChI=1S/C22H31N5O2S.HI/c1-5-29-21(28)19-15(2)25-20(30-19)16(3)26-22(23-4)24-13-17-11-12-27(14-17)18-9-7-6-8-10-18;/h6-10,16-17H,5,11-14H2,1-4H3,(H2,23,24,26);1H. The number of hydrogen-bond acceptors (Lipinski definition) is 6. The molecule has 2 atom stereocenters. The number of carbonyl (C=O) groups is 1. The number of guanidine groups is 1. The van der Waals surface area contributed by atoms with Crippen molar-refractivity contribution in [3.05, 3.63) is 45.9 Å². The van der Waals surface area contributed by atoms with E-state index < -0.39 is 0 Å². The summed E-state index contributed by atoms with van der Waals surface area (Å²) in [6.45, 7) is 9.00. The lowest BCUT2D eigenvalue weighted by atomic mass is 10.1. The maximum atomic E-state index is 12.0. The van der Waals surface area contributed by atoms with E-state index in [0.717, 1.165) is 37.0 Å². The Bertz CT molecular complexity index is 874. The molecule has 3 rings (SSSR count). The highest BCUT2D eigenvalue weighted by molar-refractivity contribution is 14.0. The van der Waals surface area contributed by atoms with Gasteiger partial charge >= 0.3 is 5.97 Å². The van der Waals surface area contributed by atoms with Crippen LogP contribution in [-0.4, -0.2) is 50.2 Å². The Labute approximate surface area is 205 Å². The van der Waals surface area contributed by atoms with Crippen molar-refractivity contribution in [2.45, 2.75) is 33.2 Å². The molecule has 1 aliphatic heterocycles. The fourth-order valence-corrected chi connectivity index (χ4v) is 4.53. The van der Waals surface area contributed by atoms with Gasteiger partial charge < -0.3 is 20.3 Å². The van der Waals surface area contributed by atoms with Crippen LogP contribution in [0.15, 0.2) is 35.3 Å². The molecule has 2 unspecified atom stereocenters. The number of para-hydroxylation sites is 1. The number of esters is 1. The van der Waals surface area contributed by atoms with Gasteiger partial charge in [-0.1, -0.05) is 18.2 Å². The van der Waals surface area contributed by atoms with Crippen molar-refractivity contribution in [2.75, 3.05) is 38.2 Å². The second-order valence-corrected chi connectivity index (χ2v) is 8.47. The lowest BCUT2D eigenvalue weighted by Crippen LogP contribution is -2.41. The highest BCUT2D eigenvalue weighted by Gasteiger charge is 2.23. The normalized spacial score (nSPS) is 17.1. The molecule has 31 heavy (non-hydrogen) atoms. The Morgan fingerprint density at radius 3 is 2.81 bits per heavy atom. The topological polar surface area (TPSA) is 78.8 Å². The van der Waals surface area contributed by atoms with Gasteiger partial charge in [-0.3, -0.25) is 4.99 Å². The van der Waals surface area contributed by atoms with E-state index in [9.17, 15) is 4.79 Å². The van der Waals surface area contributed by atoms with Gasteiger partial charge in [0.2, 0.25) is 0 Å². The number of ether oxygens (including phenoxy) is 1. The summed E-state index contributed by atoms with van der Waals surface area (Å²) < 4.78 is 5.11. The molecule has 170 valence electrons. The summed E-state index contributed by atoms with van der Waals surface area (Å²) in [7, 11) is 1.77. The van der Waals surface area contributed by atoms with Crippen molar-refractivity contribution in [3.63, 3.8) is 0 Å². The Hall–Kier alpha value is -1.88. The highest BCUT2D eigenvalue weighted by Crippen LogP contribution is 2.25. The van der Waals surface area contributed by atoms with Crippen molar-refractivity contribution >= 4 is 52.9 Å². The number of nitrogens with one attached hydrogen (secondary N) is 2. The third-order valence-electron chi connectivity index (χ3n) is 5.19. The molecule has 0 bridgehead atoms. The summed E-state index contributed by atoms with van der Waals surface area (Å²) in [4.78, 5) is 23.9. The van der Waals surface area contributed by atoms with E-state index in [1.807, 2.05) is 13.8 Å². The monoisotopic (exact) mass is 557 g/mol. The van der Waals surface area contributed by atoms with Gasteiger partial charge in [-0.15, -0.1) is 35.3 Å². The van der Waals surface area contributed by atoms with Crippen LogP contribution < -0.4 is 15.5 Å². The van der Waals surface area contributed by atoms with Crippen LogP contribution in [0.1, 0.15) is 46.7 Å². The Balaban J connectivity index is 0.00000341. The van der Waals surface area contributed by atoms with Gasteiger partial charge in [-0.25, -0.2) is 9.78 Å². The van der Waals surface area contributed by atoms with Crippen molar-refractivity contribution in [1.29, 1.82) is 0 Å². The van der Waals surface area contributed by atoms with Gasteiger partial charge in [0.25, 0.3) is 0 Å². The number of carbonyl (C=O) groups excluding carboxylic acids is 1. The first-order valence-corrected chi connectivity index (χ1v) is 11.2. The summed E-state index contributed by atoms with van der Waals surface area (Å²) in [5.74, 6) is 1.00. The van der Waals surface area contributed by atoms with Crippen LogP contribution >= 0.6 is 35.3 Å². The number of aliphatic imine (C=N–C) groups is 1. The highest BCUT2D eigenvalue weighted by atomic mass is 127. The number of aryl methyl sites for hydroxylation is 1. The zero-order valence-corrected chi connectivity index (χ0v) is 21.7. The fourth-order valence-electron chi connectivity index (χ4n) is 3.56. The summed E-state index contributed by atoms with van der Waals surface area (Å²) in [6.07, 6.45) is 1.16. The molecular formula is C22H32IN5O2S. The molecule has 1 aliphatic rings. The largest absolute Gasteiger partial charge is 0.462 e. The van der Waals surface area contributed by atoms with E-state index in [1.54, 1.807) is 14.0 Å². The lowest BCUT2D eigenvalue weighted by molar-refractivity contribution is 0.0531. The predicted octanol–water partition coefficient (Wildman–Crippen LogP) is 4.00. The molecular weight excluding hydrogens is 525 g/mol. The maximum absolute atomic E-state index is 12.0. The molecule has 2 aromatic rings. The average Bonchev–Trinajstić information content (AvgIpc) is 3.38. The van der Waals surface area contributed by atoms with Crippen molar-refractivity contribution in [2.24, 2.45) is 10.9 Å². The number of hydrogen-bond donors (Lipinski definition) is 2. The molecule has 1 aromatic heterocycles. The van der Waals surface area contributed by atoms with Crippen LogP contribution in [0.25, 0.3) is 0 Å². The fraction of sp³-hybridized carbons (Fsp3) is 0.500. The minimum absolute atomic E-state index is 0. The average molecular weight is 558 g/mol. The Morgan fingerprint density at radius 1 is 1.39 bits per heavy atom. The first-order chi connectivity index (χ1) is 14.5. The van der Waals surface area contributed by atoms with E-state index in [1.165, 1.54) is 17.0 Å². The van der Waals surface area contributed by atoms with E-state index in [-0.39, 0.29) is 36.0 Å². The number of benzene rings is 1. The van der Waals surface area contributed by atoms with Crippen molar-refractivity contribution < 1.29 is 9.53 Å². The van der Waals surface area contributed by atoms with E-state index >= 15 is 0 Å². The molecule has 0 saturated carbocycles. The first kappa shape index (κ1) is 25.4. The van der Waals surface area contributed by atoms with Gasteiger partial charge in [-0.2, -0.15) is 0 Å². The molecule has 0 aliphatic carbocycles. The van der Waals surface area contributed by atoms with Crippen molar-refractivity contribution in [1.82, 2.24) is 15.6 Å². The smallest absolute Gasteiger partial charge is 0.350 e. The number of anilines is 1. The number of rotatable bonds is 7. The van der Waals surface area contributed by atoms with Crippen molar-refractivity contribution in [3.8, 4) is 0 Å². The second-order valence-electron chi connectivity index (χ2n) is 7.44. The second kappa shape index (κ2) is 12.2. The molecule has 0 amide bonds. The Morgan fingerprint density at radius 2 is 2.13 bits per heavy atom. The van der Waals surface area contributed by atoms with Gasteiger partial charge in [0.1, 0.15) is 9.88 Å². The van der Waals surface area contributed by atoms with Crippen LogP contribution in [0.5, 0.6) is 0 Å². The van der Waals surface area contributed by atoms with Gasteiger partial charge in [0, 0.05) is 32.4 Å². The molecule has 2 N–H and O–H groups in total. The van der Waals surface area contributed by atoms with Gasteiger partial charge in [0.05, 0.1) is 18.3 Å². The molecule has 0 spiro atoms. The maximum Gasteiger partial charge on any atom is 0.350 e. The number of nitrogens with zero attached hydrogens (tertiary/aromatic N) is 3. The molecule has 1 aromatic carbocycles. The summed E-state index contributed by atoms with van der Waals surface area (Å²) in [5, 5.41) is 7.67. The zero-order chi connectivity index (χ0) is 21.5. The minimum atomic E-state index is -0.308. The predicted molar refractivity (Wildman–Crippen MR) is 138 cm³/mol. The van der Waals surface area contributed by atoms with Gasteiger partial charge in [0.15, 0.2) is 5.96 Å². The van der Waals surface area contributed by atoms with Gasteiger partial charge in [-0.05, 0) is 45.2 Å². The van der Waals surface area contributed by atoms with Crippen LogP contribution in [-0.2, 0) is 4.74 Å². The van der Waals surface area contributed by atoms with E-state index in [0.29, 0.717) is 23.1 Å². The summed E-state index contributed by atoms with van der Waals surface area (Å²) in [6, 6.07) is 10.5. The number of halogens is 1. The molecule has 1 saturated heterocycles. The van der Waals surface area contributed by atoms with Crippen LogP contribution in [0.2, 0.25) is 0 Å². The third-order valence-corrected chi connectivity index (χ3v) is 6.51. The summed E-state index contributed by atoms with van der Waals surface area (Å²) >= 11 is 1.37. The molecule has 0 radical (unpaired) electrons. The quantitative estimate of drug-likeness (QED) is 0.232. The van der Waals surface area contributed by atoms with Crippen LogP contribution in [0.3, 0.4) is 0 Å². The zero-order valence-electron chi connectivity index (χ0n) is 18.6. The van der Waals surface area contributed by atoms with E-state index in [2.05, 4.69) is 55.8 Å². The third kappa shape index (κ3) is 6.80. The van der Waals surface area contributed by atoms with E-state index in [4.69, 9.17) is 4.74 Å². The van der Waals surface area contributed by atoms with Crippen LogP contribution in [0.4, 0.5) is 5.69 Å². The molecule has 7 nitrogen and oxygen atoms in total. The summed E-state index contributed by atoms with van der Waals surface area (Å²) in [5.41, 5.74) is 1.99. The SMILES string of the molecule is CCOC(=O)c1sc(C(C)NC(=NC)NCC2CCN(c3ccccc3)C2)nc1C.I. The number of thiazole rings is 1.